The van der Waals surface area contributed by atoms with Crippen LogP contribution in [0.4, 0.5) is 5.95 Å². The largest absolute Gasteiger partial charge is 0.356 e. The Morgan fingerprint density at radius 3 is 3.36 bits per heavy atom. The number of aromatic nitrogens is 2. The average Bonchev–Trinajstić information content (AvgIpc) is 2.57. The van der Waals surface area contributed by atoms with Crippen molar-refractivity contribution in [2.45, 2.75) is 26.4 Å². The molecule has 1 aliphatic heterocycles. The van der Waals surface area contributed by atoms with E-state index >= 15 is 0 Å². The fraction of sp³-hybridized carbons (Fsp3) is 0.556. The van der Waals surface area contributed by atoms with E-state index in [0.717, 1.165) is 31.2 Å². The maximum absolute atomic E-state index is 10.7. The van der Waals surface area contributed by atoms with E-state index in [1.807, 2.05) is 6.20 Å². The van der Waals surface area contributed by atoms with Crippen LogP contribution in [0.1, 0.15) is 19.0 Å². The van der Waals surface area contributed by atoms with Gasteiger partial charge in [0, 0.05) is 26.2 Å². The van der Waals surface area contributed by atoms with Gasteiger partial charge in [0.25, 0.3) is 0 Å². The lowest BCUT2D eigenvalue weighted by Crippen LogP contribution is -2.19. The van der Waals surface area contributed by atoms with Gasteiger partial charge in [0.15, 0.2) is 0 Å². The Hall–Kier alpha value is -1.52. The van der Waals surface area contributed by atoms with Gasteiger partial charge < -0.3 is 15.2 Å². The molecular weight excluding hydrogens is 180 g/mol. The van der Waals surface area contributed by atoms with Gasteiger partial charge >= 0.3 is 0 Å². The summed E-state index contributed by atoms with van der Waals surface area (Å²) in [5, 5.41) is 5.94. The smallest absolute Gasteiger partial charge is 0.217 e. The zero-order valence-corrected chi connectivity index (χ0v) is 8.21. The molecule has 2 heterocycles. The third-order valence-corrected chi connectivity index (χ3v) is 2.20. The van der Waals surface area contributed by atoms with Gasteiger partial charge in [-0.2, -0.15) is 0 Å². The molecule has 1 amide bonds. The van der Waals surface area contributed by atoms with Crippen LogP contribution in [0.15, 0.2) is 6.20 Å². The molecular formula is C9H14N4O. The van der Waals surface area contributed by atoms with E-state index in [2.05, 4.69) is 20.2 Å². The van der Waals surface area contributed by atoms with Crippen LogP contribution in [0, 0.1) is 0 Å². The van der Waals surface area contributed by atoms with Gasteiger partial charge in [-0.3, -0.25) is 4.79 Å². The molecule has 0 bridgehead atoms. The SMILES string of the molecule is CC(=O)NCc1cn2c(n1)NCCC2. The minimum absolute atomic E-state index is 0.0241. The number of carbonyl (C=O) groups is 1. The lowest BCUT2D eigenvalue weighted by Gasteiger charge is -2.14. The first-order valence-corrected chi connectivity index (χ1v) is 4.80. The van der Waals surface area contributed by atoms with E-state index in [1.54, 1.807) is 0 Å². The lowest BCUT2D eigenvalue weighted by atomic mass is 10.4. The fourth-order valence-corrected chi connectivity index (χ4v) is 1.53. The number of hydrogen-bond acceptors (Lipinski definition) is 3. The molecule has 1 aromatic rings. The number of aryl methyl sites for hydroxylation is 1. The Morgan fingerprint density at radius 2 is 2.64 bits per heavy atom. The molecule has 0 fully saturated rings. The van der Waals surface area contributed by atoms with Crippen LogP contribution in [-0.4, -0.2) is 22.0 Å². The van der Waals surface area contributed by atoms with Gasteiger partial charge in [0.2, 0.25) is 11.9 Å². The maximum atomic E-state index is 10.7. The minimum Gasteiger partial charge on any atom is -0.356 e. The molecule has 1 aromatic heterocycles. The Kier molecular flexibility index (Phi) is 2.39. The van der Waals surface area contributed by atoms with Gasteiger partial charge in [-0.05, 0) is 6.42 Å². The van der Waals surface area contributed by atoms with Crippen LogP contribution < -0.4 is 10.6 Å². The monoisotopic (exact) mass is 194 g/mol. The predicted molar refractivity (Wildman–Crippen MR) is 52.9 cm³/mol. The van der Waals surface area contributed by atoms with E-state index < -0.39 is 0 Å². The molecule has 0 saturated carbocycles. The summed E-state index contributed by atoms with van der Waals surface area (Å²) in [6.07, 6.45) is 3.11. The number of carbonyl (C=O) groups excluding carboxylic acids is 1. The number of rotatable bonds is 2. The fourth-order valence-electron chi connectivity index (χ4n) is 1.53. The third-order valence-electron chi connectivity index (χ3n) is 2.20. The molecule has 0 radical (unpaired) electrons. The first kappa shape index (κ1) is 9.05. The molecule has 5 nitrogen and oxygen atoms in total. The average molecular weight is 194 g/mol. The van der Waals surface area contributed by atoms with Crippen LogP contribution in [-0.2, 0) is 17.9 Å². The highest BCUT2D eigenvalue weighted by Crippen LogP contribution is 2.13. The molecule has 0 saturated heterocycles. The van der Waals surface area contributed by atoms with Gasteiger partial charge in [0.05, 0.1) is 12.2 Å². The van der Waals surface area contributed by atoms with Crippen molar-refractivity contribution >= 4 is 11.9 Å². The summed E-state index contributed by atoms with van der Waals surface area (Å²) in [5.74, 6) is 0.889. The van der Waals surface area contributed by atoms with Crippen molar-refractivity contribution in [2.24, 2.45) is 0 Å². The van der Waals surface area contributed by atoms with Crippen LogP contribution >= 0.6 is 0 Å². The third kappa shape index (κ3) is 1.86. The molecule has 76 valence electrons. The van der Waals surface area contributed by atoms with Crippen LogP contribution in [0.5, 0.6) is 0 Å². The van der Waals surface area contributed by atoms with E-state index in [9.17, 15) is 4.79 Å². The summed E-state index contributed by atoms with van der Waals surface area (Å²) < 4.78 is 2.08. The second kappa shape index (κ2) is 3.69. The van der Waals surface area contributed by atoms with Gasteiger partial charge in [-0.15, -0.1) is 0 Å². The van der Waals surface area contributed by atoms with Crippen molar-refractivity contribution in [3.63, 3.8) is 0 Å². The molecule has 0 atom stereocenters. The van der Waals surface area contributed by atoms with Crippen LogP contribution in [0.25, 0.3) is 0 Å². The molecule has 2 N–H and O–H groups in total. The number of anilines is 1. The summed E-state index contributed by atoms with van der Waals surface area (Å²) in [7, 11) is 0. The van der Waals surface area contributed by atoms with E-state index in [4.69, 9.17) is 0 Å². The molecule has 0 aliphatic carbocycles. The molecule has 0 unspecified atom stereocenters. The summed E-state index contributed by atoms with van der Waals surface area (Å²) >= 11 is 0. The molecule has 14 heavy (non-hydrogen) atoms. The molecule has 0 aromatic carbocycles. The van der Waals surface area contributed by atoms with Crippen molar-refractivity contribution in [3.8, 4) is 0 Å². The number of nitrogens with one attached hydrogen (secondary N) is 2. The Bertz CT molecular complexity index is 321. The van der Waals surface area contributed by atoms with Crippen molar-refractivity contribution in [2.75, 3.05) is 11.9 Å². The number of imidazole rings is 1. The normalized spacial score (nSPS) is 14.4. The highest BCUT2D eigenvalue weighted by atomic mass is 16.1. The Labute approximate surface area is 82.5 Å². The minimum atomic E-state index is -0.0241. The van der Waals surface area contributed by atoms with Gasteiger partial charge in [0.1, 0.15) is 0 Å². The quantitative estimate of drug-likeness (QED) is 0.713. The van der Waals surface area contributed by atoms with Gasteiger partial charge in [-0.1, -0.05) is 0 Å². The predicted octanol–water partition coefficient (Wildman–Crippen LogP) is 0.335. The molecule has 0 spiro atoms. The van der Waals surface area contributed by atoms with Crippen LogP contribution in [0.2, 0.25) is 0 Å². The van der Waals surface area contributed by atoms with E-state index in [1.165, 1.54) is 6.92 Å². The first-order valence-electron chi connectivity index (χ1n) is 4.80. The Balaban J connectivity index is 2.04. The first-order chi connectivity index (χ1) is 6.75. The standard InChI is InChI=1S/C9H14N4O/c1-7(14)11-5-8-6-13-4-2-3-10-9(13)12-8/h6H,2-5H2,1H3,(H,10,12)(H,11,14). The van der Waals surface area contributed by atoms with Crippen molar-refractivity contribution in [1.82, 2.24) is 14.9 Å². The van der Waals surface area contributed by atoms with E-state index in [0.29, 0.717) is 6.54 Å². The number of fused-ring (bicyclic) bond motifs is 1. The van der Waals surface area contributed by atoms with Crippen LogP contribution in [0.3, 0.4) is 0 Å². The van der Waals surface area contributed by atoms with E-state index in [-0.39, 0.29) is 5.91 Å². The van der Waals surface area contributed by atoms with Crippen molar-refractivity contribution < 1.29 is 4.79 Å². The summed E-state index contributed by atoms with van der Waals surface area (Å²) in [6, 6.07) is 0. The molecule has 2 rings (SSSR count). The lowest BCUT2D eigenvalue weighted by molar-refractivity contribution is -0.119. The Morgan fingerprint density at radius 1 is 1.79 bits per heavy atom. The van der Waals surface area contributed by atoms with Crippen molar-refractivity contribution in [3.05, 3.63) is 11.9 Å². The summed E-state index contributed by atoms with van der Waals surface area (Å²) in [5.41, 5.74) is 0.907. The zero-order chi connectivity index (χ0) is 9.97. The maximum Gasteiger partial charge on any atom is 0.217 e. The number of amides is 1. The number of nitrogens with zero attached hydrogens (tertiary/aromatic N) is 2. The van der Waals surface area contributed by atoms with Crippen molar-refractivity contribution in [1.29, 1.82) is 0 Å². The number of hydrogen-bond donors (Lipinski definition) is 2. The second-order valence-electron chi connectivity index (χ2n) is 3.44. The second-order valence-corrected chi connectivity index (χ2v) is 3.44. The van der Waals surface area contributed by atoms with Gasteiger partial charge in [-0.25, -0.2) is 4.98 Å². The topological polar surface area (TPSA) is 59.0 Å². The zero-order valence-electron chi connectivity index (χ0n) is 8.21. The molecule has 1 aliphatic rings. The molecule has 5 heteroatoms. The highest BCUT2D eigenvalue weighted by Gasteiger charge is 2.10. The summed E-state index contributed by atoms with van der Waals surface area (Å²) in [6.45, 7) is 4.01. The highest BCUT2D eigenvalue weighted by molar-refractivity contribution is 5.72. The summed E-state index contributed by atoms with van der Waals surface area (Å²) in [4.78, 5) is 15.1.